The summed E-state index contributed by atoms with van der Waals surface area (Å²) < 4.78 is 12.8. The van der Waals surface area contributed by atoms with Crippen molar-refractivity contribution in [2.45, 2.75) is 25.5 Å². The second-order valence-electron chi connectivity index (χ2n) is 8.24. The number of pyridine rings is 1. The summed E-state index contributed by atoms with van der Waals surface area (Å²) in [5.74, 6) is 0.932. The number of thioether (sulfide) groups is 1. The molecule has 0 saturated carbocycles. The minimum Gasteiger partial charge on any atom is -0.497 e. The van der Waals surface area contributed by atoms with E-state index < -0.39 is 0 Å². The number of nitrogens with zero attached hydrogens (tertiary/aromatic N) is 3. The van der Waals surface area contributed by atoms with Crippen molar-refractivity contribution in [3.8, 4) is 5.75 Å². The van der Waals surface area contributed by atoms with Crippen LogP contribution in [0.4, 0.5) is 5.82 Å². The van der Waals surface area contributed by atoms with E-state index >= 15 is 0 Å². The maximum absolute atomic E-state index is 13.4. The number of amides is 1. The molecule has 3 aromatic rings. The Hall–Kier alpha value is -3.21. The van der Waals surface area contributed by atoms with Gasteiger partial charge in [-0.2, -0.15) is 0 Å². The van der Waals surface area contributed by atoms with E-state index in [9.17, 15) is 9.59 Å². The fourth-order valence-electron chi connectivity index (χ4n) is 4.06. The summed E-state index contributed by atoms with van der Waals surface area (Å²) in [6.07, 6.45) is 5.31. The zero-order chi connectivity index (χ0) is 24.4. The smallest absolute Gasteiger partial charge is 0.267 e. The molecule has 2 saturated heterocycles. The van der Waals surface area contributed by atoms with E-state index in [0.717, 1.165) is 30.8 Å². The van der Waals surface area contributed by atoms with Crippen molar-refractivity contribution < 1.29 is 14.3 Å². The van der Waals surface area contributed by atoms with Crippen LogP contribution in [0.2, 0.25) is 0 Å². The fraction of sp³-hybridized carbons (Fsp3) is 0.280. The van der Waals surface area contributed by atoms with Gasteiger partial charge in [-0.3, -0.25) is 18.9 Å². The molecule has 1 aromatic carbocycles. The molecule has 5 rings (SSSR count). The lowest BCUT2D eigenvalue weighted by Gasteiger charge is -2.15. The van der Waals surface area contributed by atoms with Crippen LogP contribution in [0.1, 0.15) is 24.0 Å². The van der Waals surface area contributed by atoms with Gasteiger partial charge in [0.1, 0.15) is 21.5 Å². The number of hydrogen-bond donors (Lipinski definition) is 1. The lowest BCUT2D eigenvalue weighted by atomic mass is 10.2. The number of benzene rings is 1. The number of ether oxygens (including phenoxy) is 2. The second-order valence-corrected chi connectivity index (χ2v) is 9.92. The molecule has 0 radical (unpaired) electrons. The molecule has 1 atom stereocenters. The highest BCUT2D eigenvalue weighted by molar-refractivity contribution is 8.26. The van der Waals surface area contributed by atoms with E-state index in [4.69, 9.17) is 21.7 Å². The maximum atomic E-state index is 13.4. The third-order valence-corrected chi connectivity index (χ3v) is 7.32. The molecule has 35 heavy (non-hydrogen) atoms. The van der Waals surface area contributed by atoms with Gasteiger partial charge in [-0.1, -0.05) is 42.2 Å². The zero-order valence-corrected chi connectivity index (χ0v) is 20.7. The third kappa shape index (κ3) is 4.95. The van der Waals surface area contributed by atoms with Gasteiger partial charge in [-0.25, -0.2) is 4.98 Å². The Morgan fingerprint density at radius 2 is 2.09 bits per heavy atom. The Labute approximate surface area is 211 Å². The van der Waals surface area contributed by atoms with Crippen molar-refractivity contribution in [2.75, 3.05) is 25.6 Å². The van der Waals surface area contributed by atoms with E-state index in [-0.39, 0.29) is 17.6 Å². The standard InChI is InChI=1S/C25H24N4O4S2/c1-32-17-9-7-16(8-10-17)15-29-24(31)20(35-25(29)34)13-19-22(26-14-18-5-4-12-33-18)27-21-6-2-3-11-28(21)23(19)30/h2-3,6-11,13,18,26H,4-5,12,14-15H2,1H3/b20-13-. The van der Waals surface area contributed by atoms with Gasteiger partial charge in [0.2, 0.25) is 0 Å². The topological polar surface area (TPSA) is 85.2 Å². The van der Waals surface area contributed by atoms with Crippen molar-refractivity contribution in [3.63, 3.8) is 0 Å². The van der Waals surface area contributed by atoms with Gasteiger partial charge in [0.05, 0.1) is 30.2 Å². The first kappa shape index (κ1) is 23.5. The van der Waals surface area contributed by atoms with E-state index in [1.807, 2.05) is 30.3 Å². The molecule has 10 heteroatoms. The van der Waals surface area contributed by atoms with Crippen LogP contribution in [0, 0.1) is 0 Å². The second kappa shape index (κ2) is 10.2. The molecule has 2 aliphatic heterocycles. The molecule has 4 heterocycles. The highest BCUT2D eigenvalue weighted by Crippen LogP contribution is 2.34. The van der Waals surface area contributed by atoms with Crippen LogP contribution in [0.25, 0.3) is 11.7 Å². The SMILES string of the molecule is COc1ccc(CN2C(=O)/C(=C/c3c(NCC4CCCO4)nc4ccccn4c3=O)SC2=S)cc1. The van der Waals surface area contributed by atoms with E-state index in [1.54, 1.807) is 36.4 Å². The molecule has 2 aliphatic rings. The minimum absolute atomic E-state index is 0.0709. The Kier molecular flexibility index (Phi) is 6.85. The number of fused-ring (bicyclic) bond motifs is 1. The lowest BCUT2D eigenvalue weighted by molar-refractivity contribution is -0.122. The Morgan fingerprint density at radius 1 is 1.26 bits per heavy atom. The molecule has 8 nitrogen and oxygen atoms in total. The van der Waals surface area contributed by atoms with Gasteiger partial charge in [-0.15, -0.1) is 0 Å². The first-order valence-electron chi connectivity index (χ1n) is 11.3. The van der Waals surface area contributed by atoms with Gasteiger partial charge < -0.3 is 14.8 Å². The Bertz CT molecular complexity index is 1360. The average molecular weight is 509 g/mol. The van der Waals surface area contributed by atoms with Crippen LogP contribution < -0.4 is 15.6 Å². The van der Waals surface area contributed by atoms with Crippen LogP contribution in [0.3, 0.4) is 0 Å². The number of aromatic nitrogens is 2. The molecule has 2 aromatic heterocycles. The van der Waals surface area contributed by atoms with Crippen molar-refractivity contribution in [1.29, 1.82) is 0 Å². The van der Waals surface area contributed by atoms with Gasteiger partial charge in [-0.05, 0) is 48.7 Å². The van der Waals surface area contributed by atoms with Crippen molar-refractivity contribution in [3.05, 3.63) is 75.0 Å². The first-order chi connectivity index (χ1) is 17.0. The Morgan fingerprint density at radius 3 is 2.83 bits per heavy atom. The van der Waals surface area contributed by atoms with Crippen LogP contribution in [-0.4, -0.2) is 50.9 Å². The van der Waals surface area contributed by atoms with Crippen LogP contribution in [-0.2, 0) is 16.1 Å². The predicted molar refractivity (Wildman–Crippen MR) is 141 cm³/mol. The fourth-order valence-corrected chi connectivity index (χ4v) is 5.30. The predicted octanol–water partition coefficient (Wildman–Crippen LogP) is 3.70. The van der Waals surface area contributed by atoms with Crippen LogP contribution in [0.5, 0.6) is 5.75 Å². The normalized spacial score (nSPS) is 19.2. The molecule has 1 N–H and O–H groups in total. The first-order valence-corrected chi connectivity index (χ1v) is 12.5. The van der Waals surface area contributed by atoms with E-state index in [0.29, 0.717) is 39.3 Å². The summed E-state index contributed by atoms with van der Waals surface area (Å²) in [6, 6.07) is 12.9. The van der Waals surface area contributed by atoms with E-state index in [2.05, 4.69) is 10.3 Å². The molecule has 0 bridgehead atoms. The van der Waals surface area contributed by atoms with Gasteiger partial charge >= 0.3 is 0 Å². The quantitative estimate of drug-likeness (QED) is 0.382. The zero-order valence-electron chi connectivity index (χ0n) is 19.1. The van der Waals surface area contributed by atoms with Crippen molar-refractivity contribution in [1.82, 2.24) is 14.3 Å². The number of nitrogens with one attached hydrogen (secondary N) is 1. The average Bonchev–Trinajstić information content (AvgIpc) is 3.49. The summed E-state index contributed by atoms with van der Waals surface area (Å²) in [5.41, 5.74) is 1.51. The number of thiocarbonyl (C=S) groups is 1. The number of carbonyl (C=O) groups is 1. The summed E-state index contributed by atoms with van der Waals surface area (Å²) in [7, 11) is 1.61. The minimum atomic E-state index is -0.258. The third-order valence-electron chi connectivity index (χ3n) is 5.94. The molecular formula is C25H24N4O4S2. The highest BCUT2D eigenvalue weighted by Gasteiger charge is 2.32. The molecule has 0 spiro atoms. The van der Waals surface area contributed by atoms with E-state index in [1.165, 1.54) is 16.2 Å². The molecule has 180 valence electrons. The number of carbonyl (C=O) groups excluding carboxylic acids is 1. The van der Waals surface area contributed by atoms with Crippen molar-refractivity contribution in [2.24, 2.45) is 0 Å². The number of rotatable bonds is 7. The van der Waals surface area contributed by atoms with Crippen LogP contribution in [0.15, 0.2) is 58.4 Å². The number of hydrogen-bond acceptors (Lipinski definition) is 8. The molecular weight excluding hydrogens is 484 g/mol. The number of anilines is 1. The largest absolute Gasteiger partial charge is 0.497 e. The summed E-state index contributed by atoms with van der Waals surface area (Å²) in [4.78, 5) is 33.2. The van der Waals surface area contributed by atoms with Crippen LogP contribution >= 0.6 is 24.0 Å². The maximum Gasteiger partial charge on any atom is 0.267 e. The Balaban J connectivity index is 1.46. The van der Waals surface area contributed by atoms with Crippen molar-refractivity contribution >= 4 is 51.7 Å². The number of methoxy groups -OCH3 is 1. The monoisotopic (exact) mass is 508 g/mol. The molecule has 0 aliphatic carbocycles. The molecule has 1 amide bonds. The van der Waals surface area contributed by atoms with Gasteiger partial charge in [0.25, 0.3) is 11.5 Å². The lowest BCUT2D eigenvalue weighted by Crippen LogP contribution is -2.27. The summed E-state index contributed by atoms with van der Waals surface area (Å²) in [5, 5.41) is 3.28. The molecule has 1 unspecified atom stereocenters. The van der Waals surface area contributed by atoms with Gasteiger partial charge in [0.15, 0.2) is 0 Å². The van der Waals surface area contributed by atoms with Gasteiger partial charge in [0, 0.05) is 19.3 Å². The summed E-state index contributed by atoms with van der Waals surface area (Å²) in [6.45, 7) is 1.61. The molecule has 2 fully saturated rings. The highest BCUT2D eigenvalue weighted by atomic mass is 32.2. The summed E-state index contributed by atoms with van der Waals surface area (Å²) >= 11 is 6.68.